The molecule has 21 heavy (non-hydrogen) atoms. The molecule has 1 amide bonds. The highest BCUT2D eigenvalue weighted by molar-refractivity contribution is 7.53. The number of rotatable bonds is 7. The third-order valence-corrected chi connectivity index (χ3v) is 5.58. The molecule has 0 saturated carbocycles. The van der Waals surface area contributed by atoms with E-state index in [-0.39, 0.29) is 11.9 Å². The Hall–Kier alpha value is -1.16. The number of hydrogen-bond acceptors (Lipinski definition) is 4. The van der Waals surface area contributed by atoms with Crippen LogP contribution in [-0.2, 0) is 20.0 Å². The number of amides is 1. The van der Waals surface area contributed by atoms with E-state index in [2.05, 4.69) is 5.32 Å². The van der Waals surface area contributed by atoms with Crippen LogP contribution in [0.3, 0.4) is 0 Å². The van der Waals surface area contributed by atoms with Crippen LogP contribution < -0.4 is 5.32 Å². The van der Waals surface area contributed by atoms with Crippen molar-refractivity contribution in [2.75, 3.05) is 19.4 Å². The Kier molecular flexibility index (Phi) is 5.57. The lowest BCUT2D eigenvalue weighted by Crippen LogP contribution is -2.41. The van der Waals surface area contributed by atoms with Crippen LogP contribution in [0.25, 0.3) is 0 Å². The highest BCUT2D eigenvalue weighted by Gasteiger charge is 2.28. The summed E-state index contributed by atoms with van der Waals surface area (Å²) in [6.07, 6.45) is 1.65. The molecule has 2 rings (SSSR count). The Morgan fingerprint density at radius 2 is 1.90 bits per heavy atom. The third-order valence-electron chi connectivity index (χ3n) is 3.47. The molecule has 0 saturated heterocycles. The van der Waals surface area contributed by atoms with Crippen LogP contribution in [-0.4, -0.2) is 31.3 Å². The predicted octanol–water partition coefficient (Wildman–Crippen LogP) is 3.00. The molecular formula is C15H22NO4P. The molecular weight excluding hydrogens is 289 g/mol. The number of benzene rings is 1. The van der Waals surface area contributed by atoms with E-state index in [1.807, 2.05) is 24.3 Å². The van der Waals surface area contributed by atoms with Crippen molar-refractivity contribution in [3.8, 4) is 0 Å². The van der Waals surface area contributed by atoms with E-state index in [1.54, 1.807) is 13.8 Å². The van der Waals surface area contributed by atoms with Gasteiger partial charge in [0.15, 0.2) is 0 Å². The van der Waals surface area contributed by atoms with E-state index in [9.17, 15) is 9.36 Å². The van der Waals surface area contributed by atoms with Gasteiger partial charge in [-0.15, -0.1) is 0 Å². The first-order valence-corrected chi connectivity index (χ1v) is 9.07. The van der Waals surface area contributed by atoms with Crippen molar-refractivity contribution in [2.24, 2.45) is 0 Å². The minimum atomic E-state index is -3.04. The van der Waals surface area contributed by atoms with Crippen LogP contribution in [0.2, 0.25) is 0 Å². The Labute approximate surface area is 125 Å². The monoisotopic (exact) mass is 311 g/mol. The molecule has 1 aromatic rings. The molecule has 0 spiro atoms. The molecule has 0 aliphatic carbocycles. The van der Waals surface area contributed by atoms with Gasteiger partial charge in [-0.05, 0) is 38.3 Å². The summed E-state index contributed by atoms with van der Waals surface area (Å²) in [6, 6.07) is 7.55. The summed E-state index contributed by atoms with van der Waals surface area (Å²) in [5, 5.41) is 2.96. The Bertz CT molecular complexity index is 536. The van der Waals surface area contributed by atoms with Crippen LogP contribution in [0, 0.1) is 0 Å². The SMILES string of the molecule is CCOP(=O)(CCC1Cc2ccccc2C(=O)N1)OCC. The molecule has 1 aliphatic heterocycles. The van der Waals surface area contributed by atoms with E-state index in [0.29, 0.717) is 25.8 Å². The largest absolute Gasteiger partial charge is 0.349 e. The number of carbonyl (C=O) groups is 1. The van der Waals surface area contributed by atoms with Gasteiger partial charge in [-0.1, -0.05) is 18.2 Å². The molecule has 1 atom stereocenters. The molecule has 1 aromatic carbocycles. The molecule has 0 radical (unpaired) electrons. The van der Waals surface area contributed by atoms with Crippen LogP contribution >= 0.6 is 7.60 Å². The van der Waals surface area contributed by atoms with Crippen molar-refractivity contribution in [3.05, 3.63) is 35.4 Å². The Morgan fingerprint density at radius 1 is 1.24 bits per heavy atom. The molecule has 1 aliphatic rings. The fraction of sp³-hybridized carbons (Fsp3) is 0.533. The van der Waals surface area contributed by atoms with Gasteiger partial charge in [0.05, 0.1) is 19.4 Å². The second-order valence-corrected chi connectivity index (χ2v) is 7.18. The van der Waals surface area contributed by atoms with Crippen molar-refractivity contribution < 1.29 is 18.4 Å². The predicted molar refractivity (Wildman–Crippen MR) is 81.7 cm³/mol. The summed E-state index contributed by atoms with van der Waals surface area (Å²) < 4.78 is 23.0. The maximum absolute atomic E-state index is 12.4. The molecule has 116 valence electrons. The zero-order valence-electron chi connectivity index (χ0n) is 12.5. The quantitative estimate of drug-likeness (QED) is 0.786. The average molecular weight is 311 g/mol. The lowest BCUT2D eigenvalue weighted by atomic mass is 9.94. The number of fused-ring (bicyclic) bond motifs is 1. The minimum absolute atomic E-state index is 0.0263. The summed E-state index contributed by atoms with van der Waals surface area (Å²) in [4.78, 5) is 12.0. The first kappa shape index (κ1) is 16.2. The molecule has 0 bridgehead atoms. The molecule has 1 heterocycles. The summed E-state index contributed by atoms with van der Waals surface area (Å²) in [5.74, 6) is -0.0653. The maximum Gasteiger partial charge on any atom is 0.330 e. The molecule has 5 nitrogen and oxygen atoms in total. The maximum atomic E-state index is 12.4. The third kappa shape index (κ3) is 4.16. The van der Waals surface area contributed by atoms with Crippen molar-refractivity contribution in [1.82, 2.24) is 5.32 Å². The highest BCUT2D eigenvalue weighted by Crippen LogP contribution is 2.48. The molecule has 6 heteroatoms. The molecule has 0 fully saturated rings. The van der Waals surface area contributed by atoms with Crippen LogP contribution in [0.15, 0.2) is 24.3 Å². The Balaban J connectivity index is 1.99. The van der Waals surface area contributed by atoms with E-state index < -0.39 is 7.60 Å². The van der Waals surface area contributed by atoms with Crippen molar-refractivity contribution in [2.45, 2.75) is 32.7 Å². The summed E-state index contributed by atoms with van der Waals surface area (Å²) in [5.41, 5.74) is 1.76. The molecule has 1 N–H and O–H groups in total. The first-order valence-electron chi connectivity index (χ1n) is 7.35. The second-order valence-electron chi connectivity index (χ2n) is 4.99. The van der Waals surface area contributed by atoms with Crippen molar-refractivity contribution in [3.63, 3.8) is 0 Å². The fourth-order valence-electron chi connectivity index (χ4n) is 2.55. The lowest BCUT2D eigenvalue weighted by Gasteiger charge is -2.27. The van der Waals surface area contributed by atoms with E-state index in [0.717, 1.165) is 17.5 Å². The minimum Gasteiger partial charge on any atom is -0.349 e. The van der Waals surface area contributed by atoms with Crippen molar-refractivity contribution >= 4 is 13.5 Å². The van der Waals surface area contributed by atoms with Gasteiger partial charge in [0.2, 0.25) is 0 Å². The van der Waals surface area contributed by atoms with Gasteiger partial charge in [0, 0.05) is 11.6 Å². The van der Waals surface area contributed by atoms with Crippen LogP contribution in [0.5, 0.6) is 0 Å². The van der Waals surface area contributed by atoms with Crippen LogP contribution in [0.1, 0.15) is 36.2 Å². The van der Waals surface area contributed by atoms with Gasteiger partial charge in [0.25, 0.3) is 5.91 Å². The topological polar surface area (TPSA) is 64.6 Å². The highest BCUT2D eigenvalue weighted by atomic mass is 31.2. The summed E-state index contributed by atoms with van der Waals surface area (Å²) >= 11 is 0. The Morgan fingerprint density at radius 3 is 2.57 bits per heavy atom. The van der Waals surface area contributed by atoms with Crippen LogP contribution in [0.4, 0.5) is 0 Å². The number of carbonyl (C=O) groups excluding carboxylic acids is 1. The van der Waals surface area contributed by atoms with Crippen molar-refractivity contribution in [1.29, 1.82) is 0 Å². The van der Waals surface area contributed by atoms with Gasteiger partial charge in [-0.3, -0.25) is 9.36 Å². The molecule has 0 aromatic heterocycles. The number of nitrogens with one attached hydrogen (secondary N) is 1. The standard InChI is InChI=1S/C15H22NO4P/c1-3-19-21(18,20-4-2)10-9-13-11-12-7-5-6-8-14(12)15(17)16-13/h5-8,13H,3-4,9-11H2,1-2H3,(H,16,17). The number of hydrogen-bond donors (Lipinski definition) is 1. The van der Waals surface area contributed by atoms with Gasteiger partial charge in [0.1, 0.15) is 0 Å². The average Bonchev–Trinajstić information content (AvgIpc) is 2.46. The van der Waals surface area contributed by atoms with Gasteiger partial charge in [-0.25, -0.2) is 0 Å². The van der Waals surface area contributed by atoms with E-state index >= 15 is 0 Å². The van der Waals surface area contributed by atoms with E-state index in [1.165, 1.54) is 0 Å². The second kappa shape index (κ2) is 7.21. The summed E-state index contributed by atoms with van der Waals surface area (Å²) in [7, 11) is -3.04. The van der Waals surface area contributed by atoms with E-state index in [4.69, 9.17) is 9.05 Å². The molecule has 1 unspecified atom stereocenters. The smallest absolute Gasteiger partial charge is 0.330 e. The zero-order valence-corrected chi connectivity index (χ0v) is 13.4. The van der Waals surface area contributed by atoms with Gasteiger partial charge in [-0.2, -0.15) is 0 Å². The summed E-state index contributed by atoms with van der Waals surface area (Å²) in [6.45, 7) is 4.31. The normalized spacial score (nSPS) is 18.2. The zero-order chi connectivity index (χ0) is 15.3. The van der Waals surface area contributed by atoms with Gasteiger partial charge >= 0.3 is 7.60 Å². The lowest BCUT2D eigenvalue weighted by molar-refractivity contribution is 0.0923. The fourth-order valence-corrected chi connectivity index (χ4v) is 4.29. The van der Waals surface area contributed by atoms with Gasteiger partial charge < -0.3 is 14.4 Å². The first-order chi connectivity index (χ1) is 10.1.